The summed E-state index contributed by atoms with van der Waals surface area (Å²) in [6.45, 7) is 0.415. The van der Waals surface area contributed by atoms with Gasteiger partial charge in [-0.25, -0.2) is 8.42 Å². The lowest BCUT2D eigenvalue weighted by Crippen LogP contribution is -2.40. The molecule has 1 fully saturated rings. The first-order chi connectivity index (χ1) is 12.5. The average molecular weight is 386 g/mol. The molecule has 4 nitrogen and oxygen atoms in total. The Bertz CT molecular complexity index is 1040. The van der Waals surface area contributed by atoms with Gasteiger partial charge in [0, 0.05) is 12.6 Å². The van der Waals surface area contributed by atoms with Crippen molar-refractivity contribution in [1.82, 2.24) is 4.90 Å². The number of carbonyl (C=O) groups excluding carboxylic acids is 1. The fraction of sp³-hybridized carbons (Fsp3) is 0.250. The quantitative estimate of drug-likeness (QED) is 0.688. The van der Waals surface area contributed by atoms with Crippen molar-refractivity contribution in [2.45, 2.75) is 19.0 Å². The molecule has 2 aromatic carbocycles. The van der Waals surface area contributed by atoms with Gasteiger partial charge < -0.3 is 4.90 Å². The van der Waals surface area contributed by atoms with E-state index in [-0.39, 0.29) is 23.5 Å². The summed E-state index contributed by atoms with van der Waals surface area (Å²) in [5.74, 6) is 0.117. The van der Waals surface area contributed by atoms with Gasteiger partial charge in [-0.1, -0.05) is 48.5 Å². The van der Waals surface area contributed by atoms with Crippen LogP contribution in [-0.4, -0.2) is 36.8 Å². The van der Waals surface area contributed by atoms with Crippen LogP contribution in [-0.2, 0) is 16.4 Å². The van der Waals surface area contributed by atoms with Crippen LogP contribution in [0.1, 0.15) is 21.7 Å². The highest BCUT2D eigenvalue weighted by atomic mass is 32.2. The predicted molar refractivity (Wildman–Crippen MR) is 105 cm³/mol. The van der Waals surface area contributed by atoms with Crippen molar-refractivity contribution in [2.24, 2.45) is 0 Å². The van der Waals surface area contributed by atoms with Gasteiger partial charge in [0.2, 0.25) is 0 Å². The minimum absolute atomic E-state index is 0.0505. The minimum atomic E-state index is -3.07. The number of thiophene rings is 1. The van der Waals surface area contributed by atoms with Crippen LogP contribution in [0.4, 0.5) is 0 Å². The van der Waals surface area contributed by atoms with E-state index in [2.05, 4.69) is 0 Å². The van der Waals surface area contributed by atoms with E-state index in [0.717, 1.165) is 16.3 Å². The second kappa shape index (κ2) is 6.85. The topological polar surface area (TPSA) is 54.5 Å². The van der Waals surface area contributed by atoms with Gasteiger partial charge in [-0.15, -0.1) is 11.3 Å². The normalized spacial score (nSPS) is 18.8. The number of fused-ring (bicyclic) bond motifs is 1. The van der Waals surface area contributed by atoms with Crippen LogP contribution >= 0.6 is 11.3 Å². The van der Waals surface area contributed by atoms with Gasteiger partial charge >= 0.3 is 0 Å². The summed E-state index contributed by atoms with van der Waals surface area (Å²) in [6, 6.07) is 17.5. The Morgan fingerprint density at radius 3 is 2.62 bits per heavy atom. The molecule has 1 aliphatic heterocycles. The Morgan fingerprint density at radius 2 is 1.88 bits per heavy atom. The molecule has 1 aromatic heterocycles. The van der Waals surface area contributed by atoms with Gasteiger partial charge in [-0.3, -0.25) is 4.79 Å². The van der Waals surface area contributed by atoms with Crippen LogP contribution in [0.2, 0.25) is 0 Å². The van der Waals surface area contributed by atoms with E-state index in [0.29, 0.717) is 17.8 Å². The third kappa shape index (κ3) is 3.39. The van der Waals surface area contributed by atoms with E-state index >= 15 is 0 Å². The van der Waals surface area contributed by atoms with E-state index in [4.69, 9.17) is 0 Å². The monoisotopic (exact) mass is 385 g/mol. The van der Waals surface area contributed by atoms with Crippen molar-refractivity contribution in [3.63, 3.8) is 0 Å². The van der Waals surface area contributed by atoms with Gasteiger partial charge in [-0.05, 0) is 34.2 Å². The molecule has 4 rings (SSSR count). The number of benzene rings is 2. The molecule has 1 aliphatic rings. The van der Waals surface area contributed by atoms with E-state index in [9.17, 15) is 13.2 Å². The molecular weight excluding hydrogens is 366 g/mol. The summed E-state index contributed by atoms with van der Waals surface area (Å²) in [5, 5.41) is 4.08. The molecule has 0 spiro atoms. The molecule has 2 heterocycles. The standard InChI is InChI=1S/C20H19NO3S2/c22-20(19-9-4-11-25-19)21(17-10-12-26(23,24)14-17)13-16-7-3-6-15-5-1-2-8-18(15)16/h1-9,11,17H,10,12-14H2/t17-/m1/s1. The molecule has 3 aromatic rings. The van der Waals surface area contributed by atoms with Crippen molar-refractivity contribution < 1.29 is 13.2 Å². The molecular formula is C20H19NO3S2. The number of hydrogen-bond acceptors (Lipinski definition) is 4. The molecule has 0 bridgehead atoms. The summed E-state index contributed by atoms with van der Waals surface area (Å²) in [4.78, 5) is 15.5. The van der Waals surface area contributed by atoms with Crippen molar-refractivity contribution >= 4 is 37.9 Å². The molecule has 0 unspecified atom stereocenters. The number of rotatable bonds is 4. The third-order valence-corrected chi connectivity index (χ3v) is 7.47. The maximum absolute atomic E-state index is 13.1. The van der Waals surface area contributed by atoms with E-state index < -0.39 is 9.84 Å². The molecule has 1 amide bonds. The van der Waals surface area contributed by atoms with Crippen molar-refractivity contribution in [2.75, 3.05) is 11.5 Å². The molecule has 0 saturated carbocycles. The number of amides is 1. The van der Waals surface area contributed by atoms with Crippen molar-refractivity contribution in [3.05, 3.63) is 70.4 Å². The average Bonchev–Trinajstić information content (AvgIpc) is 3.29. The Balaban J connectivity index is 1.72. The second-order valence-corrected chi connectivity index (χ2v) is 9.78. The Labute approximate surface area is 157 Å². The van der Waals surface area contributed by atoms with Gasteiger partial charge in [0.05, 0.1) is 16.4 Å². The van der Waals surface area contributed by atoms with E-state index in [1.165, 1.54) is 11.3 Å². The lowest BCUT2D eigenvalue weighted by Gasteiger charge is -2.28. The summed E-state index contributed by atoms with van der Waals surface area (Å²) in [5.41, 5.74) is 1.04. The second-order valence-electron chi connectivity index (χ2n) is 6.61. The van der Waals surface area contributed by atoms with E-state index in [1.54, 1.807) is 11.0 Å². The Hall–Kier alpha value is -2.18. The van der Waals surface area contributed by atoms with Crippen LogP contribution in [0.3, 0.4) is 0 Å². The summed E-state index contributed by atoms with van der Waals surface area (Å²) < 4.78 is 24.0. The van der Waals surface area contributed by atoms with Crippen LogP contribution in [0.5, 0.6) is 0 Å². The van der Waals surface area contributed by atoms with Gasteiger partial charge in [-0.2, -0.15) is 0 Å². The summed E-state index contributed by atoms with van der Waals surface area (Å²) in [6.07, 6.45) is 0.504. The van der Waals surface area contributed by atoms with Gasteiger partial charge in [0.15, 0.2) is 9.84 Å². The zero-order valence-corrected chi connectivity index (χ0v) is 15.8. The molecule has 6 heteroatoms. The predicted octanol–water partition coefficient (Wildman–Crippen LogP) is 3.73. The highest BCUT2D eigenvalue weighted by Gasteiger charge is 2.35. The lowest BCUT2D eigenvalue weighted by atomic mass is 10.0. The summed E-state index contributed by atoms with van der Waals surface area (Å²) in [7, 11) is -3.07. The van der Waals surface area contributed by atoms with Gasteiger partial charge in [0.1, 0.15) is 0 Å². The molecule has 1 atom stereocenters. The minimum Gasteiger partial charge on any atom is -0.330 e. The number of nitrogens with zero attached hydrogens (tertiary/aromatic N) is 1. The first-order valence-electron chi connectivity index (χ1n) is 8.55. The first-order valence-corrected chi connectivity index (χ1v) is 11.3. The third-order valence-electron chi connectivity index (χ3n) is 4.86. The fourth-order valence-corrected chi connectivity index (χ4v) is 5.95. The first kappa shape index (κ1) is 17.2. The zero-order chi connectivity index (χ0) is 18.1. The summed E-state index contributed by atoms with van der Waals surface area (Å²) >= 11 is 1.39. The van der Waals surface area contributed by atoms with Crippen LogP contribution < -0.4 is 0 Å². The SMILES string of the molecule is O=C(c1cccs1)N(Cc1cccc2ccccc12)[C@@H]1CCS(=O)(=O)C1. The molecule has 134 valence electrons. The Kier molecular flexibility index (Phi) is 4.54. The molecule has 1 saturated heterocycles. The number of carbonyl (C=O) groups is 1. The largest absolute Gasteiger partial charge is 0.330 e. The molecule has 0 N–H and O–H groups in total. The fourth-order valence-electron chi connectivity index (χ4n) is 3.54. The highest BCUT2D eigenvalue weighted by Crippen LogP contribution is 2.26. The molecule has 0 aliphatic carbocycles. The van der Waals surface area contributed by atoms with Crippen LogP contribution in [0.25, 0.3) is 10.8 Å². The van der Waals surface area contributed by atoms with Gasteiger partial charge in [0.25, 0.3) is 5.91 Å². The smallest absolute Gasteiger partial charge is 0.264 e. The Morgan fingerprint density at radius 1 is 1.08 bits per heavy atom. The molecule has 0 radical (unpaired) electrons. The zero-order valence-electron chi connectivity index (χ0n) is 14.2. The van der Waals surface area contributed by atoms with Crippen LogP contribution in [0, 0.1) is 0 Å². The lowest BCUT2D eigenvalue weighted by molar-refractivity contribution is 0.0687. The molecule has 26 heavy (non-hydrogen) atoms. The van der Waals surface area contributed by atoms with E-state index in [1.807, 2.05) is 53.9 Å². The maximum Gasteiger partial charge on any atom is 0.264 e. The van der Waals surface area contributed by atoms with Crippen LogP contribution in [0.15, 0.2) is 60.0 Å². The van der Waals surface area contributed by atoms with Crippen molar-refractivity contribution in [3.8, 4) is 0 Å². The van der Waals surface area contributed by atoms with Crippen molar-refractivity contribution in [1.29, 1.82) is 0 Å². The highest BCUT2D eigenvalue weighted by molar-refractivity contribution is 7.91. The number of sulfone groups is 1. The number of hydrogen-bond donors (Lipinski definition) is 0. The maximum atomic E-state index is 13.1.